The Morgan fingerprint density at radius 2 is 2.06 bits per heavy atom. The third-order valence-corrected chi connectivity index (χ3v) is 3.07. The summed E-state index contributed by atoms with van der Waals surface area (Å²) in [4.78, 5) is 0. The van der Waals surface area contributed by atoms with Crippen LogP contribution in [0.3, 0.4) is 0 Å². The summed E-state index contributed by atoms with van der Waals surface area (Å²) in [6.45, 7) is 4.88. The SMILES string of the molecule is CCCOc1cccc(CC(Cl)CC)c1OC. The molecule has 0 amide bonds. The van der Waals surface area contributed by atoms with Crippen LogP contribution in [0.2, 0.25) is 0 Å². The van der Waals surface area contributed by atoms with Crippen molar-refractivity contribution in [1.29, 1.82) is 0 Å². The summed E-state index contributed by atoms with van der Waals surface area (Å²) in [5, 5.41) is 0.144. The maximum Gasteiger partial charge on any atom is 0.163 e. The van der Waals surface area contributed by atoms with Crippen LogP contribution in [0.4, 0.5) is 0 Å². The van der Waals surface area contributed by atoms with Crippen LogP contribution in [0.25, 0.3) is 0 Å². The topological polar surface area (TPSA) is 18.5 Å². The van der Waals surface area contributed by atoms with Crippen molar-refractivity contribution in [3.05, 3.63) is 23.8 Å². The zero-order valence-electron chi connectivity index (χ0n) is 10.8. The van der Waals surface area contributed by atoms with Gasteiger partial charge in [0.1, 0.15) is 0 Å². The Hall–Kier alpha value is -0.890. The highest BCUT2D eigenvalue weighted by Crippen LogP contribution is 2.32. The second-order valence-corrected chi connectivity index (χ2v) is 4.62. The van der Waals surface area contributed by atoms with Crippen LogP contribution in [0.15, 0.2) is 18.2 Å². The molecule has 0 aliphatic heterocycles. The van der Waals surface area contributed by atoms with Gasteiger partial charge in [0.2, 0.25) is 0 Å². The molecular weight excluding hydrogens is 236 g/mol. The fourth-order valence-electron chi connectivity index (χ4n) is 1.66. The molecule has 0 saturated heterocycles. The van der Waals surface area contributed by atoms with Gasteiger partial charge in [-0.2, -0.15) is 0 Å². The van der Waals surface area contributed by atoms with Crippen LogP contribution in [-0.2, 0) is 6.42 Å². The monoisotopic (exact) mass is 256 g/mol. The number of hydrogen-bond donors (Lipinski definition) is 0. The molecule has 0 aliphatic carbocycles. The number of para-hydroxylation sites is 1. The van der Waals surface area contributed by atoms with E-state index in [9.17, 15) is 0 Å². The van der Waals surface area contributed by atoms with E-state index in [-0.39, 0.29) is 5.38 Å². The number of ether oxygens (including phenoxy) is 2. The van der Waals surface area contributed by atoms with Gasteiger partial charge in [0.15, 0.2) is 11.5 Å². The van der Waals surface area contributed by atoms with E-state index in [0.717, 1.165) is 36.3 Å². The maximum absolute atomic E-state index is 6.19. The molecule has 0 bridgehead atoms. The molecular formula is C14H21ClO2. The summed E-state index contributed by atoms with van der Waals surface area (Å²) in [7, 11) is 1.67. The summed E-state index contributed by atoms with van der Waals surface area (Å²) in [6, 6.07) is 5.97. The Bertz CT molecular complexity index is 339. The number of alkyl halides is 1. The minimum atomic E-state index is 0.144. The first-order valence-electron chi connectivity index (χ1n) is 6.15. The first kappa shape index (κ1) is 14.2. The molecule has 0 N–H and O–H groups in total. The Labute approximate surface area is 109 Å². The fraction of sp³-hybridized carbons (Fsp3) is 0.571. The molecule has 0 aromatic heterocycles. The van der Waals surface area contributed by atoms with Crippen LogP contribution in [0.5, 0.6) is 11.5 Å². The van der Waals surface area contributed by atoms with Crippen molar-refractivity contribution in [1.82, 2.24) is 0 Å². The van der Waals surface area contributed by atoms with Crippen molar-refractivity contribution in [2.45, 2.75) is 38.5 Å². The standard InChI is InChI=1S/C14H21ClO2/c1-4-9-17-13-8-6-7-11(14(13)16-3)10-12(15)5-2/h6-8,12H,4-5,9-10H2,1-3H3. The Kier molecular flexibility index (Phi) is 6.20. The fourth-order valence-corrected chi connectivity index (χ4v) is 1.83. The molecule has 1 rings (SSSR count). The summed E-state index contributed by atoms with van der Waals surface area (Å²) in [5.41, 5.74) is 1.11. The largest absolute Gasteiger partial charge is 0.493 e. The molecule has 0 saturated carbocycles. The van der Waals surface area contributed by atoms with E-state index in [0.29, 0.717) is 6.61 Å². The highest BCUT2D eigenvalue weighted by Gasteiger charge is 2.12. The van der Waals surface area contributed by atoms with Crippen molar-refractivity contribution >= 4 is 11.6 Å². The number of benzene rings is 1. The second-order valence-electron chi connectivity index (χ2n) is 4.01. The number of halogens is 1. The zero-order valence-corrected chi connectivity index (χ0v) is 11.6. The summed E-state index contributed by atoms with van der Waals surface area (Å²) in [6.07, 6.45) is 2.75. The van der Waals surface area contributed by atoms with Gasteiger partial charge >= 0.3 is 0 Å². The van der Waals surface area contributed by atoms with Crippen LogP contribution in [-0.4, -0.2) is 19.1 Å². The maximum atomic E-state index is 6.19. The first-order chi connectivity index (χ1) is 8.22. The highest BCUT2D eigenvalue weighted by molar-refractivity contribution is 6.20. The molecule has 1 aromatic carbocycles. The smallest absolute Gasteiger partial charge is 0.163 e. The van der Waals surface area contributed by atoms with E-state index in [4.69, 9.17) is 21.1 Å². The predicted octanol–water partition coefficient (Wildman–Crippen LogP) is 4.04. The van der Waals surface area contributed by atoms with Gasteiger partial charge < -0.3 is 9.47 Å². The summed E-state index contributed by atoms with van der Waals surface area (Å²) in [5.74, 6) is 1.63. The molecule has 0 radical (unpaired) electrons. The number of methoxy groups -OCH3 is 1. The van der Waals surface area contributed by atoms with Gasteiger partial charge in [0, 0.05) is 5.38 Å². The van der Waals surface area contributed by atoms with Gasteiger partial charge in [-0.25, -0.2) is 0 Å². The third-order valence-electron chi connectivity index (χ3n) is 2.61. The van der Waals surface area contributed by atoms with Crippen LogP contribution in [0.1, 0.15) is 32.3 Å². The van der Waals surface area contributed by atoms with Crippen molar-refractivity contribution < 1.29 is 9.47 Å². The van der Waals surface area contributed by atoms with E-state index in [1.54, 1.807) is 7.11 Å². The van der Waals surface area contributed by atoms with E-state index in [2.05, 4.69) is 13.8 Å². The van der Waals surface area contributed by atoms with E-state index in [1.807, 2.05) is 18.2 Å². The molecule has 1 unspecified atom stereocenters. The third kappa shape index (κ3) is 4.12. The molecule has 0 fully saturated rings. The molecule has 2 nitrogen and oxygen atoms in total. The molecule has 96 valence electrons. The quantitative estimate of drug-likeness (QED) is 0.686. The van der Waals surface area contributed by atoms with Crippen molar-refractivity contribution in [2.24, 2.45) is 0 Å². The molecule has 0 spiro atoms. The lowest BCUT2D eigenvalue weighted by molar-refractivity contribution is 0.293. The molecule has 1 atom stereocenters. The van der Waals surface area contributed by atoms with Gasteiger partial charge in [0.25, 0.3) is 0 Å². The van der Waals surface area contributed by atoms with E-state index >= 15 is 0 Å². The lowest BCUT2D eigenvalue weighted by Crippen LogP contribution is -2.05. The molecule has 3 heteroatoms. The van der Waals surface area contributed by atoms with E-state index in [1.165, 1.54) is 0 Å². The lowest BCUT2D eigenvalue weighted by Gasteiger charge is -2.15. The molecule has 0 heterocycles. The summed E-state index contributed by atoms with van der Waals surface area (Å²) >= 11 is 6.19. The van der Waals surface area contributed by atoms with Crippen molar-refractivity contribution in [2.75, 3.05) is 13.7 Å². The van der Waals surface area contributed by atoms with Gasteiger partial charge in [0.05, 0.1) is 13.7 Å². The summed E-state index contributed by atoms with van der Waals surface area (Å²) < 4.78 is 11.1. The van der Waals surface area contributed by atoms with Crippen LogP contribution >= 0.6 is 11.6 Å². The average Bonchev–Trinajstić information content (AvgIpc) is 2.36. The van der Waals surface area contributed by atoms with Crippen molar-refractivity contribution in [3.8, 4) is 11.5 Å². The predicted molar refractivity (Wildman–Crippen MR) is 72.4 cm³/mol. The van der Waals surface area contributed by atoms with Gasteiger partial charge in [-0.3, -0.25) is 0 Å². The number of rotatable bonds is 7. The normalized spacial score (nSPS) is 12.2. The zero-order chi connectivity index (χ0) is 12.7. The van der Waals surface area contributed by atoms with Gasteiger partial charge in [-0.1, -0.05) is 26.0 Å². The second kappa shape index (κ2) is 7.44. The molecule has 17 heavy (non-hydrogen) atoms. The van der Waals surface area contributed by atoms with Gasteiger partial charge in [-0.05, 0) is 30.9 Å². The minimum absolute atomic E-state index is 0.144. The van der Waals surface area contributed by atoms with Crippen molar-refractivity contribution in [3.63, 3.8) is 0 Å². The number of hydrogen-bond acceptors (Lipinski definition) is 2. The molecule has 1 aromatic rings. The average molecular weight is 257 g/mol. The Balaban J connectivity index is 2.88. The van der Waals surface area contributed by atoms with Crippen LogP contribution in [0, 0.1) is 0 Å². The first-order valence-corrected chi connectivity index (χ1v) is 6.59. The lowest BCUT2D eigenvalue weighted by atomic mass is 10.1. The van der Waals surface area contributed by atoms with Gasteiger partial charge in [-0.15, -0.1) is 11.6 Å². The minimum Gasteiger partial charge on any atom is -0.493 e. The molecule has 0 aliphatic rings. The highest BCUT2D eigenvalue weighted by atomic mass is 35.5. The Morgan fingerprint density at radius 3 is 2.65 bits per heavy atom. The van der Waals surface area contributed by atoms with E-state index < -0.39 is 0 Å². The Morgan fingerprint density at radius 1 is 1.29 bits per heavy atom. The van der Waals surface area contributed by atoms with Crippen LogP contribution < -0.4 is 9.47 Å².